The normalized spacial score (nSPS) is 22.8. The minimum Gasteiger partial charge on any atom is -0.479 e. The number of thiophene rings is 1. The number of piperidine rings is 1. The zero-order valence-electron chi connectivity index (χ0n) is 11.6. The van der Waals surface area contributed by atoms with Crippen molar-refractivity contribution in [2.75, 3.05) is 0 Å². The standard InChI is InChI=1S/C15H17NO4S/c17-11-8-15(5-1-2-6-15)9-12(18)16(11)13(14(19)20)10-4-3-7-21-10/h3-4,7,13H,1-2,5-6,8-9H2,(H,19,20). The van der Waals surface area contributed by atoms with Crippen LogP contribution in [0.5, 0.6) is 0 Å². The Morgan fingerprint density at radius 2 is 1.86 bits per heavy atom. The summed E-state index contributed by atoms with van der Waals surface area (Å²) in [5.74, 6) is -1.83. The number of hydrogen-bond donors (Lipinski definition) is 1. The molecule has 3 rings (SSSR count). The topological polar surface area (TPSA) is 74.7 Å². The number of hydrogen-bond acceptors (Lipinski definition) is 4. The Morgan fingerprint density at radius 1 is 1.24 bits per heavy atom. The third-order valence-electron chi connectivity index (χ3n) is 4.56. The number of carboxylic acids is 1. The van der Waals surface area contributed by atoms with Crippen molar-refractivity contribution in [2.24, 2.45) is 5.41 Å². The van der Waals surface area contributed by atoms with E-state index in [1.165, 1.54) is 11.3 Å². The number of nitrogens with zero attached hydrogens (tertiary/aromatic N) is 1. The Labute approximate surface area is 126 Å². The third kappa shape index (κ3) is 2.48. The number of likely N-dealkylation sites (tertiary alicyclic amines) is 1. The highest BCUT2D eigenvalue weighted by Gasteiger charge is 2.48. The maximum atomic E-state index is 12.5. The van der Waals surface area contributed by atoms with Gasteiger partial charge in [-0.25, -0.2) is 4.79 Å². The molecule has 1 aromatic heterocycles. The number of rotatable bonds is 3. The summed E-state index contributed by atoms with van der Waals surface area (Å²) in [6.45, 7) is 0. The monoisotopic (exact) mass is 307 g/mol. The summed E-state index contributed by atoms with van der Waals surface area (Å²) >= 11 is 1.25. The summed E-state index contributed by atoms with van der Waals surface area (Å²) < 4.78 is 0. The van der Waals surface area contributed by atoms with Gasteiger partial charge in [-0.05, 0) is 29.7 Å². The predicted molar refractivity (Wildman–Crippen MR) is 76.7 cm³/mol. The minimum atomic E-state index is -1.18. The summed E-state index contributed by atoms with van der Waals surface area (Å²) in [5, 5.41) is 11.2. The van der Waals surface area contributed by atoms with Crippen molar-refractivity contribution in [1.29, 1.82) is 0 Å². The van der Waals surface area contributed by atoms with Crippen LogP contribution in [-0.4, -0.2) is 27.8 Å². The van der Waals surface area contributed by atoms with Crippen LogP contribution in [0, 0.1) is 5.41 Å². The lowest BCUT2D eigenvalue weighted by molar-refractivity contribution is -0.164. The van der Waals surface area contributed by atoms with E-state index in [0.717, 1.165) is 30.6 Å². The van der Waals surface area contributed by atoms with Crippen molar-refractivity contribution in [1.82, 2.24) is 4.90 Å². The first-order valence-corrected chi connectivity index (χ1v) is 8.01. The van der Waals surface area contributed by atoms with Crippen LogP contribution in [-0.2, 0) is 14.4 Å². The fourth-order valence-electron chi connectivity index (χ4n) is 3.59. The molecule has 0 bridgehead atoms. The molecule has 6 heteroatoms. The molecule has 1 N–H and O–H groups in total. The molecular formula is C15H17NO4S. The lowest BCUT2D eigenvalue weighted by Crippen LogP contribution is -2.50. The van der Waals surface area contributed by atoms with Gasteiger partial charge in [-0.2, -0.15) is 0 Å². The highest BCUT2D eigenvalue weighted by atomic mass is 32.1. The van der Waals surface area contributed by atoms with Crippen LogP contribution in [0.25, 0.3) is 0 Å². The van der Waals surface area contributed by atoms with Crippen molar-refractivity contribution >= 4 is 29.1 Å². The molecule has 21 heavy (non-hydrogen) atoms. The van der Waals surface area contributed by atoms with Gasteiger partial charge in [0.2, 0.25) is 11.8 Å². The molecule has 1 aliphatic carbocycles. The van der Waals surface area contributed by atoms with E-state index in [4.69, 9.17) is 0 Å². The molecule has 0 radical (unpaired) electrons. The molecule has 5 nitrogen and oxygen atoms in total. The number of carbonyl (C=O) groups excluding carboxylic acids is 2. The molecule has 1 saturated carbocycles. The molecule has 0 aromatic carbocycles. The molecule has 112 valence electrons. The first-order valence-electron chi connectivity index (χ1n) is 7.14. The average molecular weight is 307 g/mol. The van der Waals surface area contributed by atoms with Gasteiger partial charge in [-0.15, -0.1) is 11.3 Å². The molecule has 1 atom stereocenters. The largest absolute Gasteiger partial charge is 0.479 e. The Bertz CT molecular complexity index is 555. The third-order valence-corrected chi connectivity index (χ3v) is 5.48. The van der Waals surface area contributed by atoms with Crippen molar-refractivity contribution in [2.45, 2.75) is 44.6 Å². The summed E-state index contributed by atoms with van der Waals surface area (Å²) in [6.07, 6.45) is 4.49. The van der Waals surface area contributed by atoms with E-state index in [1.54, 1.807) is 17.5 Å². The van der Waals surface area contributed by atoms with E-state index in [1.807, 2.05) is 0 Å². The zero-order valence-corrected chi connectivity index (χ0v) is 12.4. The van der Waals surface area contributed by atoms with Crippen LogP contribution in [0.15, 0.2) is 17.5 Å². The molecule has 1 aliphatic heterocycles. The van der Waals surface area contributed by atoms with Crippen molar-refractivity contribution in [3.63, 3.8) is 0 Å². The number of aliphatic carboxylic acids is 1. The van der Waals surface area contributed by atoms with Crippen LogP contribution < -0.4 is 0 Å². The fourth-order valence-corrected chi connectivity index (χ4v) is 4.39. The Hall–Kier alpha value is -1.69. The maximum absolute atomic E-state index is 12.5. The van der Waals surface area contributed by atoms with E-state index in [2.05, 4.69) is 0 Å². The Kier molecular flexibility index (Phi) is 3.57. The average Bonchev–Trinajstić information content (AvgIpc) is 3.05. The SMILES string of the molecule is O=C(O)C(c1cccs1)N1C(=O)CC2(CCCC2)CC1=O. The van der Waals surface area contributed by atoms with Gasteiger partial charge in [-0.1, -0.05) is 18.9 Å². The van der Waals surface area contributed by atoms with Crippen molar-refractivity contribution in [3.05, 3.63) is 22.4 Å². The van der Waals surface area contributed by atoms with Crippen LogP contribution in [0.1, 0.15) is 49.4 Å². The van der Waals surface area contributed by atoms with Crippen LogP contribution >= 0.6 is 11.3 Å². The first-order chi connectivity index (χ1) is 10.0. The fraction of sp³-hybridized carbons (Fsp3) is 0.533. The van der Waals surface area contributed by atoms with Crippen LogP contribution in [0.3, 0.4) is 0 Å². The lowest BCUT2D eigenvalue weighted by Gasteiger charge is -2.39. The number of amides is 2. The number of carbonyl (C=O) groups is 3. The van der Waals surface area contributed by atoms with Gasteiger partial charge in [0.25, 0.3) is 0 Å². The van der Waals surface area contributed by atoms with E-state index < -0.39 is 12.0 Å². The second-order valence-corrected chi connectivity index (χ2v) is 6.95. The number of carboxylic acid groups (broad SMARTS) is 1. The zero-order chi connectivity index (χ0) is 15.0. The van der Waals surface area contributed by atoms with Crippen molar-refractivity contribution in [3.8, 4) is 0 Å². The van der Waals surface area contributed by atoms with Gasteiger partial charge in [0.1, 0.15) is 0 Å². The van der Waals surface area contributed by atoms with E-state index in [-0.39, 0.29) is 17.2 Å². The Morgan fingerprint density at radius 3 is 2.33 bits per heavy atom. The predicted octanol–water partition coefficient (Wildman–Crippen LogP) is 2.58. The second-order valence-electron chi connectivity index (χ2n) is 5.97. The summed E-state index contributed by atoms with van der Waals surface area (Å²) in [4.78, 5) is 38.0. The summed E-state index contributed by atoms with van der Waals surface area (Å²) in [7, 11) is 0. The van der Waals surface area contributed by atoms with Gasteiger partial charge in [0, 0.05) is 17.7 Å². The molecule has 2 aliphatic rings. The summed E-state index contributed by atoms with van der Waals surface area (Å²) in [6, 6.07) is 2.21. The second kappa shape index (κ2) is 5.26. The maximum Gasteiger partial charge on any atom is 0.332 e. The molecule has 2 amide bonds. The molecule has 1 saturated heterocycles. The van der Waals surface area contributed by atoms with E-state index in [9.17, 15) is 19.5 Å². The highest BCUT2D eigenvalue weighted by molar-refractivity contribution is 7.10. The van der Waals surface area contributed by atoms with Gasteiger partial charge in [0.15, 0.2) is 6.04 Å². The van der Waals surface area contributed by atoms with Gasteiger partial charge < -0.3 is 5.11 Å². The Balaban J connectivity index is 1.89. The van der Waals surface area contributed by atoms with Gasteiger partial charge in [0.05, 0.1) is 0 Å². The molecule has 1 spiro atoms. The van der Waals surface area contributed by atoms with Crippen molar-refractivity contribution < 1.29 is 19.5 Å². The van der Waals surface area contributed by atoms with Crippen LogP contribution in [0.4, 0.5) is 0 Å². The minimum absolute atomic E-state index is 0.205. The molecule has 2 heterocycles. The van der Waals surface area contributed by atoms with E-state index in [0.29, 0.717) is 17.7 Å². The van der Waals surface area contributed by atoms with Crippen LogP contribution in [0.2, 0.25) is 0 Å². The summed E-state index contributed by atoms with van der Waals surface area (Å²) in [5.41, 5.74) is -0.205. The lowest BCUT2D eigenvalue weighted by atomic mass is 9.76. The molecule has 1 unspecified atom stereocenters. The number of imide groups is 1. The highest BCUT2D eigenvalue weighted by Crippen LogP contribution is 2.48. The first kappa shape index (κ1) is 14.3. The molecule has 2 fully saturated rings. The van der Waals surface area contributed by atoms with Gasteiger partial charge in [-0.3, -0.25) is 14.5 Å². The molecular weight excluding hydrogens is 290 g/mol. The van der Waals surface area contributed by atoms with E-state index >= 15 is 0 Å². The quantitative estimate of drug-likeness (QED) is 0.871. The smallest absolute Gasteiger partial charge is 0.332 e. The molecule has 1 aromatic rings. The van der Waals surface area contributed by atoms with Gasteiger partial charge >= 0.3 is 5.97 Å².